The molecule has 2 aromatic heterocycles. The summed E-state index contributed by atoms with van der Waals surface area (Å²) in [6.45, 7) is 2.17. The van der Waals surface area contributed by atoms with E-state index in [9.17, 15) is 0 Å². The van der Waals surface area contributed by atoms with Crippen LogP contribution in [0.25, 0.3) is 22.3 Å². The van der Waals surface area contributed by atoms with Gasteiger partial charge in [0.05, 0.1) is 41.9 Å². The second-order valence-corrected chi connectivity index (χ2v) is 7.31. The Balaban J connectivity index is 1.55. The molecule has 1 aliphatic rings. The number of H-pyrrole nitrogens is 1. The average Bonchev–Trinajstić information content (AvgIpc) is 3.41. The minimum Gasteiger partial charge on any atom is -0.381 e. The Kier molecular flexibility index (Phi) is 4.19. The highest BCUT2D eigenvalue weighted by atomic mass is 35.5. The molecule has 2 aromatic carbocycles. The van der Waals surface area contributed by atoms with E-state index in [1.54, 1.807) is 0 Å². The highest BCUT2D eigenvalue weighted by Gasteiger charge is 2.26. The fraction of sp³-hybridized carbons (Fsp3) is 0.238. The maximum absolute atomic E-state index is 6.09. The summed E-state index contributed by atoms with van der Waals surface area (Å²) in [6.07, 6.45) is 2.93. The van der Waals surface area contributed by atoms with Crippen LogP contribution < -0.4 is 0 Å². The van der Waals surface area contributed by atoms with Gasteiger partial charge in [0.1, 0.15) is 5.82 Å². The molecule has 27 heavy (non-hydrogen) atoms. The molecule has 5 nitrogen and oxygen atoms in total. The summed E-state index contributed by atoms with van der Waals surface area (Å²) in [5.41, 5.74) is 5.26. The second-order valence-electron chi connectivity index (χ2n) is 6.88. The molecule has 1 N–H and O–H groups in total. The Bertz CT molecular complexity index is 1080. The third-order valence-electron chi connectivity index (χ3n) is 5.05. The van der Waals surface area contributed by atoms with Crippen molar-refractivity contribution in [1.29, 1.82) is 0 Å². The SMILES string of the molecule is Clc1ccc2nc(Cn3cnc(-c4ccccc4)c3[C@H]3CCOC3)[nH]c2c1. The Morgan fingerprint density at radius 3 is 2.89 bits per heavy atom. The number of aromatic nitrogens is 4. The van der Waals surface area contributed by atoms with Crippen molar-refractivity contribution >= 4 is 22.6 Å². The van der Waals surface area contributed by atoms with Crippen molar-refractivity contribution in [3.63, 3.8) is 0 Å². The molecule has 0 aliphatic carbocycles. The first-order chi connectivity index (χ1) is 13.3. The van der Waals surface area contributed by atoms with Crippen LogP contribution in [0.1, 0.15) is 23.9 Å². The molecule has 1 aliphatic heterocycles. The Morgan fingerprint density at radius 1 is 1.19 bits per heavy atom. The lowest BCUT2D eigenvalue weighted by Gasteiger charge is -2.14. The quantitative estimate of drug-likeness (QED) is 0.563. The molecule has 0 unspecified atom stereocenters. The molecule has 0 spiro atoms. The minimum atomic E-state index is 0.349. The fourth-order valence-electron chi connectivity index (χ4n) is 3.79. The van der Waals surface area contributed by atoms with Crippen LogP contribution in [0.4, 0.5) is 0 Å². The smallest absolute Gasteiger partial charge is 0.127 e. The highest BCUT2D eigenvalue weighted by molar-refractivity contribution is 6.31. The summed E-state index contributed by atoms with van der Waals surface area (Å²) in [6, 6.07) is 16.0. The molecule has 0 saturated carbocycles. The van der Waals surface area contributed by atoms with E-state index in [0.717, 1.165) is 47.7 Å². The molecule has 0 radical (unpaired) electrons. The Labute approximate surface area is 162 Å². The number of rotatable bonds is 4. The molecule has 6 heteroatoms. The molecule has 0 bridgehead atoms. The van der Waals surface area contributed by atoms with E-state index < -0.39 is 0 Å². The van der Waals surface area contributed by atoms with Gasteiger partial charge in [-0.15, -0.1) is 0 Å². The molecule has 4 aromatic rings. The minimum absolute atomic E-state index is 0.349. The van der Waals surface area contributed by atoms with Crippen molar-refractivity contribution < 1.29 is 4.74 Å². The summed E-state index contributed by atoms with van der Waals surface area (Å²) < 4.78 is 7.85. The predicted octanol–water partition coefficient (Wildman–Crippen LogP) is 4.63. The first-order valence-corrected chi connectivity index (χ1v) is 9.48. The lowest BCUT2D eigenvalue weighted by atomic mass is 9.99. The van der Waals surface area contributed by atoms with E-state index >= 15 is 0 Å². The number of benzene rings is 2. The van der Waals surface area contributed by atoms with E-state index in [2.05, 4.69) is 21.7 Å². The summed E-state index contributed by atoms with van der Waals surface area (Å²) >= 11 is 6.09. The van der Waals surface area contributed by atoms with Crippen molar-refractivity contribution in [2.45, 2.75) is 18.9 Å². The number of ether oxygens (including phenoxy) is 1. The van der Waals surface area contributed by atoms with Crippen molar-refractivity contribution in [1.82, 2.24) is 19.5 Å². The van der Waals surface area contributed by atoms with Crippen molar-refractivity contribution in [3.8, 4) is 11.3 Å². The van der Waals surface area contributed by atoms with E-state index in [1.807, 2.05) is 42.7 Å². The van der Waals surface area contributed by atoms with E-state index in [0.29, 0.717) is 17.5 Å². The number of halogens is 1. The van der Waals surface area contributed by atoms with Gasteiger partial charge in [0.2, 0.25) is 0 Å². The van der Waals surface area contributed by atoms with Gasteiger partial charge in [-0.1, -0.05) is 41.9 Å². The van der Waals surface area contributed by atoms with Crippen LogP contribution in [0.15, 0.2) is 54.9 Å². The Hall–Kier alpha value is -2.63. The zero-order valence-corrected chi connectivity index (χ0v) is 15.5. The third kappa shape index (κ3) is 3.13. The maximum atomic E-state index is 6.09. The number of aromatic amines is 1. The van der Waals surface area contributed by atoms with Crippen LogP contribution in [-0.2, 0) is 11.3 Å². The van der Waals surface area contributed by atoms with Gasteiger partial charge in [0.25, 0.3) is 0 Å². The molecule has 3 heterocycles. The summed E-state index contributed by atoms with van der Waals surface area (Å²) in [5.74, 6) is 1.24. The van der Waals surface area contributed by atoms with Crippen molar-refractivity contribution in [3.05, 3.63) is 71.4 Å². The maximum Gasteiger partial charge on any atom is 0.127 e. The molecular formula is C21H19ClN4O. The number of imidazole rings is 2. The Morgan fingerprint density at radius 2 is 2.07 bits per heavy atom. The summed E-state index contributed by atoms with van der Waals surface area (Å²) in [7, 11) is 0. The van der Waals surface area contributed by atoms with Crippen LogP contribution in [0.5, 0.6) is 0 Å². The zero-order valence-electron chi connectivity index (χ0n) is 14.7. The van der Waals surface area contributed by atoms with Gasteiger partial charge in [0, 0.05) is 23.1 Å². The molecule has 1 atom stereocenters. The lowest BCUT2D eigenvalue weighted by Crippen LogP contribution is -2.10. The monoisotopic (exact) mass is 378 g/mol. The highest BCUT2D eigenvalue weighted by Crippen LogP contribution is 2.33. The van der Waals surface area contributed by atoms with E-state index in [1.165, 1.54) is 5.69 Å². The van der Waals surface area contributed by atoms with E-state index in [4.69, 9.17) is 26.3 Å². The van der Waals surface area contributed by atoms with Crippen LogP contribution >= 0.6 is 11.6 Å². The molecule has 0 amide bonds. The first kappa shape index (κ1) is 16.5. The van der Waals surface area contributed by atoms with Crippen LogP contribution in [-0.4, -0.2) is 32.7 Å². The van der Waals surface area contributed by atoms with Crippen LogP contribution in [0.3, 0.4) is 0 Å². The van der Waals surface area contributed by atoms with Gasteiger partial charge < -0.3 is 14.3 Å². The van der Waals surface area contributed by atoms with Crippen molar-refractivity contribution in [2.75, 3.05) is 13.2 Å². The molecule has 136 valence electrons. The van der Waals surface area contributed by atoms with Gasteiger partial charge >= 0.3 is 0 Å². The summed E-state index contributed by atoms with van der Waals surface area (Å²) in [4.78, 5) is 12.8. The number of nitrogens with zero attached hydrogens (tertiary/aromatic N) is 3. The molecular weight excluding hydrogens is 360 g/mol. The first-order valence-electron chi connectivity index (χ1n) is 9.10. The summed E-state index contributed by atoms with van der Waals surface area (Å²) in [5, 5.41) is 0.704. The van der Waals surface area contributed by atoms with Crippen LogP contribution in [0.2, 0.25) is 5.02 Å². The molecule has 1 fully saturated rings. The standard InChI is InChI=1S/C21H19ClN4O/c22-16-6-7-17-18(10-16)25-19(24-17)11-26-13-23-20(14-4-2-1-3-5-14)21(26)15-8-9-27-12-15/h1-7,10,13,15H,8-9,11-12H2,(H,24,25)/t15-/m0/s1. The zero-order chi connectivity index (χ0) is 18.2. The van der Waals surface area contributed by atoms with Crippen molar-refractivity contribution in [2.24, 2.45) is 0 Å². The van der Waals surface area contributed by atoms with Gasteiger partial charge in [-0.3, -0.25) is 0 Å². The largest absolute Gasteiger partial charge is 0.381 e. The molecule has 5 rings (SSSR count). The number of nitrogens with one attached hydrogen (secondary N) is 1. The lowest BCUT2D eigenvalue weighted by molar-refractivity contribution is 0.193. The third-order valence-corrected chi connectivity index (χ3v) is 5.29. The van der Waals surface area contributed by atoms with Gasteiger partial charge in [-0.2, -0.15) is 0 Å². The predicted molar refractivity (Wildman–Crippen MR) is 106 cm³/mol. The number of hydrogen-bond donors (Lipinski definition) is 1. The van der Waals surface area contributed by atoms with Crippen LogP contribution in [0, 0.1) is 0 Å². The second kappa shape index (κ2) is 6.83. The normalized spacial score (nSPS) is 17.0. The topological polar surface area (TPSA) is 55.7 Å². The van der Waals surface area contributed by atoms with Gasteiger partial charge in [0.15, 0.2) is 0 Å². The average molecular weight is 379 g/mol. The van der Waals surface area contributed by atoms with E-state index in [-0.39, 0.29) is 0 Å². The number of hydrogen-bond acceptors (Lipinski definition) is 3. The number of fused-ring (bicyclic) bond motifs is 1. The van der Waals surface area contributed by atoms with Gasteiger partial charge in [-0.25, -0.2) is 9.97 Å². The molecule has 1 saturated heterocycles. The fourth-order valence-corrected chi connectivity index (χ4v) is 3.96. The van der Waals surface area contributed by atoms with Gasteiger partial charge in [-0.05, 0) is 24.6 Å².